The molecule has 0 aliphatic heterocycles. The van der Waals surface area contributed by atoms with Crippen LogP contribution in [-0.4, -0.2) is 11.5 Å². The summed E-state index contributed by atoms with van der Waals surface area (Å²) in [5.74, 6) is 0.605. The molecule has 0 radical (unpaired) electrons. The van der Waals surface area contributed by atoms with Crippen LogP contribution in [0.3, 0.4) is 0 Å². The molecule has 1 rings (SSSR count). The maximum Gasteiger partial charge on any atom is 0.168 e. The number of rotatable bonds is 4. The Kier molecular flexibility index (Phi) is 3.77. The molecule has 68 valence electrons. The van der Waals surface area contributed by atoms with Gasteiger partial charge in [0.2, 0.25) is 0 Å². The van der Waals surface area contributed by atoms with Gasteiger partial charge < -0.3 is 0 Å². The van der Waals surface area contributed by atoms with E-state index in [0.29, 0.717) is 11.3 Å². The number of hydrogen-bond acceptors (Lipinski definition) is 2. The standard InChI is InChI=1S/C11H12OS/c1-9(2)11(12)8-13-10-6-4-3-5-7-10/h3-7H,1,8H2,2H3. The zero-order chi connectivity index (χ0) is 9.68. The van der Waals surface area contributed by atoms with E-state index in [1.165, 1.54) is 0 Å². The summed E-state index contributed by atoms with van der Waals surface area (Å²) >= 11 is 1.55. The number of ketones is 1. The second-order valence-electron chi connectivity index (χ2n) is 2.81. The van der Waals surface area contributed by atoms with E-state index >= 15 is 0 Å². The van der Waals surface area contributed by atoms with Gasteiger partial charge in [-0.2, -0.15) is 0 Å². The molecule has 0 spiro atoms. The fourth-order valence-electron chi connectivity index (χ4n) is 0.789. The van der Waals surface area contributed by atoms with Crippen LogP contribution in [0.1, 0.15) is 6.92 Å². The van der Waals surface area contributed by atoms with Gasteiger partial charge in [-0.3, -0.25) is 4.79 Å². The van der Waals surface area contributed by atoms with Crippen molar-refractivity contribution in [2.24, 2.45) is 0 Å². The van der Waals surface area contributed by atoms with Gasteiger partial charge in [0.1, 0.15) is 0 Å². The maximum absolute atomic E-state index is 11.2. The van der Waals surface area contributed by atoms with Crippen LogP contribution in [0.15, 0.2) is 47.4 Å². The van der Waals surface area contributed by atoms with Gasteiger partial charge in [-0.05, 0) is 24.6 Å². The first-order valence-corrected chi connectivity index (χ1v) is 5.05. The molecule has 2 heteroatoms. The van der Waals surface area contributed by atoms with E-state index in [0.717, 1.165) is 4.90 Å². The summed E-state index contributed by atoms with van der Waals surface area (Å²) in [6.07, 6.45) is 0. The summed E-state index contributed by atoms with van der Waals surface area (Å²) in [5, 5.41) is 0. The number of benzene rings is 1. The molecule has 0 fully saturated rings. The van der Waals surface area contributed by atoms with Gasteiger partial charge in [-0.15, -0.1) is 11.8 Å². The summed E-state index contributed by atoms with van der Waals surface area (Å²) < 4.78 is 0. The highest BCUT2D eigenvalue weighted by atomic mass is 32.2. The van der Waals surface area contributed by atoms with Gasteiger partial charge in [0, 0.05) is 4.90 Å². The number of hydrogen-bond donors (Lipinski definition) is 0. The fraction of sp³-hybridized carbons (Fsp3) is 0.182. The highest BCUT2D eigenvalue weighted by Crippen LogP contribution is 2.17. The molecule has 0 unspecified atom stereocenters. The number of carbonyl (C=O) groups excluding carboxylic acids is 1. The van der Waals surface area contributed by atoms with Crippen molar-refractivity contribution in [3.8, 4) is 0 Å². The minimum Gasteiger partial charge on any atom is -0.294 e. The average molecular weight is 192 g/mol. The van der Waals surface area contributed by atoms with Crippen LogP contribution < -0.4 is 0 Å². The van der Waals surface area contributed by atoms with Crippen molar-refractivity contribution in [2.75, 3.05) is 5.75 Å². The Morgan fingerprint density at radius 3 is 2.54 bits per heavy atom. The van der Waals surface area contributed by atoms with Crippen LogP contribution >= 0.6 is 11.8 Å². The van der Waals surface area contributed by atoms with Crippen LogP contribution in [0.2, 0.25) is 0 Å². The van der Waals surface area contributed by atoms with Gasteiger partial charge in [0.25, 0.3) is 0 Å². The van der Waals surface area contributed by atoms with E-state index in [4.69, 9.17) is 0 Å². The van der Waals surface area contributed by atoms with Crippen LogP contribution in [0.25, 0.3) is 0 Å². The van der Waals surface area contributed by atoms with Crippen molar-refractivity contribution in [1.82, 2.24) is 0 Å². The molecule has 0 saturated heterocycles. The number of Topliss-reactive ketones (excluding diaryl/α,β-unsaturated/α-hetero) is 1. The van der Waals surface area contributed by atoms with Crippen LogP contribution in [0, 0.1) is 0 Å². The van der Waals surface area contributed by atoms with E-state index < -0.39 is 0 Å². The molecule has 0 aliphatic rings. The molecular weight excluding hydrogens is 180 g/mol. The monoisotopic (exact) mass is 192 g/mol. The highest BCUT2D eigenvalue weighted by Gasteiger charge is 2.02. The van der Waals surface area contributed by atoms with Crippen LogP contribution in [-0.2, 0) is 4.79 Å². The van der Waals surface area contributed by atoms with Crippen molar-refractivity contribution in [3.05, 3.63) is 42.5 Å². The van der Waals surface area contributed by atoms with E-state index in [1.807, 2.05) is 30.3 Å². The third-order valence-corrected chi connectivity index (χ3v) is 2.60. The van der Waals surface area contributed by atoms with E-state index in [9.17, 15) is 4.79 Å². The lowest BCUT2D eigenvalue weighted by atomic mass is 10.2. The predicted molar refractivity (Wildman–Crippen MR) is 57.0 cm³/mol. The average Bonchev–Trinajstić information content (AvgIpc) is 2.15. The first-order chi connectivity index (χ1) is 6.20. The molecule has 1 aromatic carbocycles. The summed E-state index contributed by atoms with van der Waals surface area (Å²) in [7, 11) is 0. The highest BCUT2D eigenvalue weighted by molar-refractivity contribution is 8.00. The lowest BCUT2D eigenvalue weighted by molar-refractivity contribution is -0.113. The molecule has 13 heavy (non-hydrogen) atoms. The van der Waals surface area contributed by atoms with E-state index in [-0.39, 0.29) is 5.78 Å². The predicted octanol–water partition coefficient (Wildman–Crippen LogP) is 2.92. The molecule has 0 heterocycles. The second kappa shape index (κ2) is 4.87. The summed E-state index contributed by atoms with van der Waals surface area (Å²) in [4.78, 5) is 12.3. The summed E-state index contributed by atoms with van der Waals surface area (Å²) in [5.41, 5.74) is 0.628. The molecule has 0 aliphatic carbocycles. The molecule has 1 aromatic rings. The third kappa shape index (κ3) is 3.47. The van der Waals surface area contributed by atoms with Crippen molar-refractivity contribution >= 4 is 17.5 Å². The molecule has 0 saturated carbocycles. The van der Waals surface area contributed by atoms with Crippen LogP contribution in [0.5, 0.6) is 0 Å². The molecule has 0 atom stereocenters. The maximum atomic E-state index is 11.2. The Bertz CT molecular complexity index is 303. The molecule has 0 amide bonds. The third-order valence-electron chi connectivity index (χ3n) is 1.59. The molecule has 0 N–H and O–H groups in total. The van der Waals surface area contributed by atoms with E-state index in [1.54, 1.807) is 18.7 Å². The quantitative estimate of drug-likeness (QED) is 0.539. The molecule has 1 nitrogen and oxygen atoms in total. The van der Waals surface area contributed by atoms with Gasteiger partial charge in [-0.1, -0.05) is 24.8 Å². The van der Waals surface area contributed by atoms with Gasteiger partial charge >= 0.3 is 0 Å². The smallest absolute Gasteiger partial charge is 0.168 e. The van der Waals surface area contributed by atoms with Gasteiger partial charge in [-0.25, -0.2) is 0 Å². The van der Waals surface area contributed by atoms with Gasteiger partial charge in [0.15, 0.2) is 5.78 Å². The first-order valence-electron chi connectivity index (χ1n) is 4.06. The van der Waals surface area contributed by atoms with Crippen molar-refractivity contribution in [1.29, 1.82) is 0 Å². The van der Waals surface area contributed by atoms with Crippen LogP contribution in [0.4, 0.5) is 0 Å². The second-order valence-corrected chi connectivity index (χ2v) is 3.85. The largest absolute Gasteiger partial charge is 0.294 e. The Balaban J connectivity index is 2.44. The number of allylic oxidation sites excluding steroid dienone is 1. The lowest BCUT2D eigenvalue weighted by Gasteiger charge is -1.99. The van der Waals surface area contributed by atoms with E-state index in [2.05, 4.69) is 6.58 Å². The Labute approximate surface area is 82.9 Å². The molecule has 0 aromatic heterocycles. The molecular formula is C11H12OS. The number of thioether (sulfide) groups is 1. The minimum atomic E-state index is 0.119. The van der Waals surface area contributed by atoms with Crippen molar-refractivity contribution in [2.45, 2.75) is 11.8 Å². The zero-order valence-electron chi connectivity index (χ0n) is 7.62. The minimum absolute atomic E-state index is 0.119. The lowest BCUT2D eigenvalue weighted by Crippen LogP contribution is -2.00. The number of carbonyl (C=O) groups is 1. The normalized spacial score (nSPS) is 9.62. The Morgan fingerprint density at radius 1 is 1.38 bits per heavy atom. The van der Waals surface area contributed by atoms with Crippen molar-refractivity contribution < 1.29 is 4.79 Å². The molecule has 0 bridgehead atoms. The first kappa shape index (κ1) is 10.1. The SMILES string of the molecule is C=C(C)C(=O)CSc1ccccc1. The topological polar surface area (TPSA) is 17.1 Å². The zero-order valence-corrected chi connectivity index (χ0v) is 8.43. The van der Waals surface area contributed by atoms with Gasteiger partial charge in [0.05, 0.1) is 5.75 Å². The summed E-state index contributed by atoms with van der Waals surface area (Å²) in [6, 6.07) is 9.89. The summed E-state index contributed by atoms with van der Waals surface area (Å²) in [6.45, 7) is 5.35. The Morgan fingerprint density at radius 2 is 2.00 bits per heavy atom. The Hall–Kier alpha value is -1.02. The van der Waals surface area contributed by atoms with Crippen molar-refractivity contribution in [3.63, 3.8) is 0 Å². The fourth-order valence-corrected chi connectivity index (χ4v) is 1.68.